The first kappa shape index (κ1) is 16.3. The second-order valence-electron chi connectivity index (χ2n) is 5.30. The molecule has 5 heteroatoms. The molecule has 1 unspecified atom stereocenters. The zero-order valence-corrected chi connectivity index (χ0v) is 12.3. The Morgan fingerprint density at radius 2 is 1.82 bits per heavy atom. The number of carbonyl (C=O) groups excluding carboxylic acids is 2. The number of thioether (sulfide) groups is 1. The molecule has 17 heavy (non-hydrogen) atoms. The highest BCUT2D eigenvalue weighted by Crippen LogP contribution is 2.12. The van der Waals surface area contributed by atoms with E-state index in [4.69, 9.17) is 4.74 Å². The van der Waals surface area contributed by atoms with Gasteiger partial charge in [0.25, 0.3) is 0 Å². The summed E-state index contributed by atoms with van der Waals surface area (Å²) in [6.07, 6.45) is -0.430. The molecule has 0 saturated carbocycles. The average molecular weight is 261 g/mol. The van der Waals surface area contributed by atoms with Crippen molar-refractivity contribution in [2.24, 2.45) is 5.92 Å². The first-order valence-corrected chi connectivity index (χ1v) is 6.73. The van der Waals surface area contributed by atoms with Gasteiger partial charge in [0.1, 0.15) is 5.60 Å². The molecule has 0 radical (unpaired) electrons. The molecule has 100 valence electrons. The Balaban J connectivity index is 4.25. The zero-order valence-electron chi connectivity index (χ0n) is 11.5. The summed E-state index contributed by atoms with van der Waals surface area (Å²) in [6.45, 7) is 11.0. The lowest BCUT2D eigenvalue weighted by Crippen LogP contribution is -2.43. The first-order chi connectivity index (χ1) is 7.61. The first-order valence-electron chi connectivity index (χ1n) is 5.74. The van der Waals surface area contributed by atoms with Crippen LogP contribution in [0.1, 0.15) is 41.5 Å². The standard InChI is InChI=1S/C12H23NO3S/c1-8(2)10(7-17-9(3)14)13-11(15)16-12(4,5)6/h8,10H,7H2,1-6H3,(H,13,15). The van der Waals surface area contributed by atoms with E-state index in [1.807, 2.05) is 34.6 Å². The van der Waals surface area contributed by atoms with Gasteiger partial charge in [0.2, 0.25) is 0 Å². The largest absolute Gasteiger partial charge is 0.444 e. The third kappa shape index (κ3) is 9.03. The van der Waals surface area contributed by atoms with Crippen molar-refractivity contribution in [1.29, 1.82) is 0 Å². The fourth-order valence-corrected chi connectivity index (χ4v) is 1.95. The highest BCUT2D eigenvalue weighted by molar-refractivity contribution is 8.13. The predicted octanol–water partition coefficient (Wildman–Crippen LogP) is 2.82. The molecular weight excluding hydrogens is 238 g/mol. The predicted molar refractivity (Wildman–Crippen MR) is 71.1 cm³/mol. The molecule has 0 aromatic heterocycles. The molecule has 0 heterocycles. The monoisotopic (exact) mass is 261 g/mol. The van der Waals surface area contributed by atoms with Crippen molar-refractivity contribution in [3.63, 3.8) is 0 Å². The molecule has 0 rings (SSSR count). The fourth-order valence-electron chi connectivity index (χ4n) is 1.07. The van der Waals surface area contributed by atoms with Gasteiger partial charge >= 0.3 is 6.09 Å². The Kier molecular flexibility index (Phi) is 6.60. The molecule has 0 spiro atoms. The minimum absolute atomic E-state index is 0.0567. The lowest BCUT2D eigenvalue weighted by Gasteiger charge is -2.25. The lowest BCUT2D eigenvalue weighted by molar-refractivity contribution is -0.109. The summed E-state index contributed by atoms with van der Waals surface area (Å²) < 4.78 is 5.18. The quantitative estimate of drug-likeness (QED) is 0.845. The van der Waals surface area contributed by atoms with Crippen LogP contribution in [0.2, 0.25) is 0 Å². The maximum Gasteiger partial charge on any atom is 0.407 e. The van der Waals surface area contributed by atoms with Crippen LogP contribution in [0.3, 0.4) is 0 Å². The number of hydrogen-bond donors (Lipinski definition) is 1. The van der Waals surface area contributed by atoms with Crippen molar-refractivity contribution in [3.8, 4) is 0 Å². The summed E-state index contributed by atoms with van der Waals surface area (Å²) in [7, 11) is 0. The number of hydrogen-bond acceptors (Lipinski definition) is 4. The van der Waals surface area contributed by atoms with Crippen LogP contribution in [-0.2, 0) is 9.53 Å². The van der Waals surface area contributed by atoms with Gasteiger partial charge in [-0.2, -0.15) is 0 Å². The van der Waals surface area contributed by atoms with Crippen LogP contribution in [0, 0.1) is 5.92 Å². The fraction of sp³-hybridized carbons (Fsp3) is 0.833. The Labute approximate surface area is 108 Å². The number of ether oxygens (including phenoxy) is 1. The van der Waals surface area contributed by atoms with E-state index < -0.39 is 11.7 Å². The van der Waals surface area contributed by atoms with Gasteiger partial charge in [0.05, 0.1) is 0 Å². The molecule has 1 N–H and O–H groups in total. The van der Waals surface area contributed by atoms with E-state index in [0.717, 1.165) is 0 Å². The van der Waals surface area contributed by atoms with E-state index in [2.05, 4.69) is 5.32 Å². The molecule has 0 saturated heterocycles. The third-order valence-electron chi connectivity index (χ3n) is 1.97. The minimum Gasteiger partial charge on any atom is -0.444 e. The maximum atomic E-state index is 11.6. The van der Waals surface area contributed by atoms with Crippen molar-refractivity contribution >= 4 is 23.0 Å². The van der Waals surface area contributed by atoms with Gasteiger partial charge in [-0.15, -0.1) is 0 Å². The average Bonchev–Trinajstić information content (AvgIpc) is 2.08. The normalized spacial score (nSPS) is 13.4. The highest BCUT2D eigenvalue weighted by Gasteiger charge is 2.21. The van der Waals surface area contributed by atoms with Crippen molar-refractivity contribution < 1.29 is 14.3 Å². The molecule has 4 nitrogen and oxygen atoms in total. The molecule has 0 fully saturated rings. The maximum absolute atomic E-state index is 11.6. The molecule has 1 atom stereocenters. The van der Waals surface area contributed by atoms with Crippen molar-refractivity contribution in [3.05, 3.63) is 0 Å². The van der Waals surface area contributed by atoms with E-state index in [1.54, 1.807) is 0 Å². The summed E-state index contributed by atoms with van der Waals surface area (Å²) in [5, 5.41) is 2.85. The van der Waals surface area contributed by atoms with Gasteiger partial charge in [0, 0.05) is 18.7 Å². The smallest absolute Gasteiger partial charge is 0.407 e. The number of alkyl carbamates (subject to hydrolysis) is 1. The molecule has 1 amide bonds. The van der Waals surface area contributed by atoms with Gasteiger partial charge in [-0.1, -0.05) is 25.6 Å². The summed E-state index contributed by atoms with van der Waals surface area (Å²) in [4.78, 5) is 22.5. The molecule has 0 aliphatic rings. The van der Waals surface area contributed by atoms with Gasteiger partial charge < -0.3 is 10.1 Å². The molecular formula is C12H23NO3S. The van der Waals surface area contributed by atoms with Crippen LogP contribution in [0.4, 0.5) is 4.79 Å². The topological polar surface area (TPSA) is 55.4 Å². The van der Waals surface area contributed by atoms with E-state index in [9.17, 15) is 9.59 Å². The molecule has 0 aromatic carbocycles. The van der Waals surface area contributed by atoms with Crippen LogP contribution in [0.25, 0.3) is 0 Å². The second kappa shape index (κ2) is 6.89. The van der Waals surface area contributed by atoms with Crippen molar-refractivity contribution in [1.82, 2.24) is 5.32 Å². The van der Waals surface area contributed by atoms with Gasteiger partial charge in [0.15, 0.2) is 5.12 Å². The Morgan fingerprint density at radius 3 is 2.18 bits per heavy atom. The number of carbonyl (C=O) groups is 2. The Bertz CT molecular complexity index is 271. The molecule has 0 aromatic rings. The zero-order chi connectivity index (χ0) is 13.6. The van der Waals surface area contributed by atoms with E-state index in [-0.39, 0.29) is 17.1 Å². The third-order valence-corrected chi connectivity index (χ3v) is 2.91. The molecule has 0 aliphatic heterocycles. The second-order valence-corrected chi connectivity index (χ2v) is 6.50. The summed E-state index contributed by atoms with van der Waals surface area (Å²) in [5.74, 6) is 0.834. The van der Waals surface area contributed by atoms with E-state index >= 15 is 0 Å². The Morgan fingerprint density at radius 1 is 1.29 bits per heavy atom. The molecule has 0 aliphatic carbocycles. The summed E-state index contributed by atoms with van der Waals surface area (Å²) in [5.41, 5.74) is -0.501. The van der Waals surface area contributed by atoms with Gasteiger partial charge in [-0.05, 0) is 26.7 Å². The van der Waals surface area contributed by atoms with E-state index in [0.29, 0.717) is 5.75 Å². The van der Waals surface area contributed by atoms with Crippen LogP contribution < -0.4 is 5.32 Å². The number of nitrogens with one attached hydrogen (secondary N) is 1. The van der Waals surface area contributed by atoms with Crippen LogP contribution in [0.15, 0.2) is 0 Å². The van der Waals surface area contributed by atoms with E-state index in [1.165, 1.54) is 18.7 Å². The summed E-state index contributed by atoms with van der Waals surface area (Å²) >= 11 is 1.22. The van der Waals surface area contributed by atoms with Crippen molar-refractivity contribution in [2.45, 2.75) is 53.2 Å². The van der Waals surface area contributed by atoms with Crippen LogP contribution >= 0.6 is 11.8 Å². The minimum atomic E-state index is -0.501. The summed E-state index contributed by atoms with van der Waals surface area (Å²) in [6, 6.07) is -0.0567. The van der Waals surface area contributed by atoms with Gasteiger partial charge in [-0.25, -0.2) is 4.79 Å². The molecule has 0 bridgehead atoms. The Hall–Kier alpha value is -0.710. The number of amides is 1. The van der Waals surface area contributed by atoms with Crippen LogP contribution in [0.5, 0.6) is 0 Å². The highest BCUT2D eigenvalue weighted by atomic mass is 32.2. The van der Waals surface area contributed by atoms with Gasteiger partial charge in [-0.3, -0.25) is 4.79 Å². The SMILES string of the molecule is CC(=O)SCC(NC(=O)OC(C)(C)C)C(C)C. The lowest BCUT2D eigenvalue weighted by atomic mass is 10.1. The van der Waals surface area contributed by atoms with Crippen molar-refractivity contribution in [2.75, 3.05) is 5.75 Å². The number of rotatable bonds is 4. The van der Waals surface area contributed by atoms with Crippen LogP contribution in [-0.4, -0.2) is 28.6 Å².